The van der Waals surface area contributed by atoms with Crippen molar-refractivity contribution >= 4 is 5.82 Å². The topological polar surface area (TPSA) is 63.8 Å². The van der Waals surface area contributed by atoms with E-state index in [9.17, 15) is 13.2 Å². The van der Waals surface area contributed by atoms with Crippen LogP contribution in [0.1, 0.15) is 16.8 Å². The Bertz CT molecular complexity index is 570. The van der Waals surface area contributed by atoms with Gasteiger partial charge in [0.15, 0.2) is 0 Å². The Labute approximate surface area is 113 Å². The molecule has 0 spiro atoms. The summed E-state index contributed by atoms with van der Waals surface area (Å²) in [5.41, 5.74) is 5.94. The molecular weight excluding hydrogens is 269 g/mol. The molecule has 2 heterocycles. The van der Waals surface area contributed by atoms with Crippen LogP contribution in [-0.2, 0) is 19.3 Å². The minimum atomic E-state index is -4.47. The van der Waals surface area contributed by atoms with Crippen molar-refractivity contribution in [2.24, 2.45) is 5.73 Å². The zero-order valence-electron chi connectivity index (χ0n) is 10.5. The van der Waals surface area contributed by atoms with Crippen LogP contribution in [0.15, 0.2) is 36.7 Å². The van der Waals surface area contributed by atoms with Gasteiger partial charge in [-0.1, -0.05) is 12.1 Å². The van der Waals surface area contributed by atoms with Crippen LogP contribution >= 0.6 is 0 Å². The third-order valence-corrected chi connectivity index (χ3v) is 2.67. The van der Waals surface area contributed by atoms with Gasteiger partial charge >= 0.3 is 6.18 Å². The van der Waals surface area contributed by atoms with Crippen molar-refractivity contribution in [3.63, 3.8) is 0 Å². The van der Waals surface area contributed by atoms with Gasteiger partial charge in [-0.3, -0.25) is 4.98 Å². The maximum atomic E-state index is 12.6. The molecule has 0 atom stereocenters. The first-order valence-corrected chi connectivity index (χ1v) is 5.90. The first kappa shape index (κ1) is 14.3. The molecule has 2 aromatic heterocycles. The minimum absolute atomic E-state index is 0.112. The molecule has 3 N–H and O–H groups in total. The van der Waals surface area contributed by atoms with E-state index in [1.165, 1.54) is 6.07 Å². The van der Waals surface area contributed by atoms with Crippen LogP contribution in [0.3, 0.4) is 0 Å². The number of alkyl halides is 3. The quantitative estimate of drug-likeness (QED) is 0.904. The van der Waals surface area contributed by atoms with Crippen molar-refractivity contribution in [3.8, 4) is 0 Å². The number of rotatable bonds is 4. The predicted octanol–water partition coefficient (Wildman–Crippen LogP) is 2.57. The molecular formula is C13H13F3N4. The lowest BCUT2D eigenvalue weighted by Gasteiger charge is -2.13. The number of nitrogens with two attached hydrogens (primary N) is 1. The highest BCUT2D eigenvalue weighted by molar-refractivity contribution is 5.45. The van der Waals surface area contributed by atoms with Crippen LogP contribution in [0.5, 0.6) is 0 Å². The molecule has 0 unspecified atom stereocenters. The highest BCUT2D eigenvalue weighted by Crippen LogP contribution is 2.29. The number of pyridine rings is 2. The SMILES string of the molecule is NCc1ccc(C(F)(F)F)nc1NCc1cccnc1. The number of hydrogen-bond acceptors (Lipinski definition) is 4. The van der Waals surface area contributed by atoms with E-state index in [1.54, 1.807) is 18.5 Å². The highest BCUT2D eigenvalue weighted by atomic mass is 19.4. The van der Waals surface area contributed by atoms with Crippen molar-refractivity contribution in [2.75, 3.05) is 5.32 Å². The predicted molar refractivity (Wildman–Crippen MR) is 68.7 cm³/mol. The van der Waals surface area contributed by atoms with E-state index in [-0.39, 0.29) is 12.4 Å². The van der Waals surface area contributed by atoms with Gasteiger partial charge in [-0.25, -0.2) is 4.98 Å². The van der Waals surface area contributed by atoms with Crippen LogP contribution in [0.25, 0.3) is 0 Å². The molecule has 0 radical (unpaired) electrons. The van der Waals surface area contributed by atoms with Crippen molar-refractivity contribution < 1.29 is 13.2 Å². The number of anilines is 1. The summed E-state index contributed by atoms with van der Waals surface area (Å²) in [4.78, 5) is 7.52. The van der Waals surface area contributed by atoms with Gasteiger partial charge in [0.1, 0.15) is 11.5 Å². The molecule has 2 rings (SSSR count). The number of halogens is 3. The second kappa shape index (κ2) is 5.87. The van der Waals surface area contributed by atoms with Crippen LogP contribution < -0.4 is 11.1 Å². The third-order valence-electron chi connectivity index (χ3n) is 2.67. The smallest absolute Gasteiger partial charge is 0.366 e. The van der Waals surface area contributed by atoms with Crippen molar-refractivity contribution in [3.05, 3.63) is 53.5 Å². The molecule has 0 saturated heterocycles. The summed E-state index contributed by atoms with van der Waals surface area (Å²) in [5.74, 6) is 0.145. The lowest BCUT2D eigenvalue weighted by molar-refractivity contribution is -0.141. The van der Waals surface area contributed by atoms with Gasteiger partial charge in [0.2, 0.25) is 0 Å². The molecule has 0 fully saturated rings. The molecule has 7 heteroatoms. The normalized spacial score (nSPS) is 11.4. The molecule has 4 nitrogen and oxygen atoms in total. The second-order valence-electron chi connectivity index (χ2n) is 4.12. The van der Waals surface area contributed by atoms with Gasteiger partial charge in [-0.2, -0.15) is 13.2 Å². The summed E-state index contributed by atoms with van der Waals surface area (Å²) < 4.78 is 37.9. The van der Waals surface area contributed by atoms with Gasteiger partial charge < -0.3 is 11.1 Å². The van der Waals surface area contributed by atoms with E-state index in [4.69, 9.17) is 5.73 Å². The van der Waals surface area contributed by atoms with Crippen LogP contribution in [0.4, 0.5) is 19.0 Å². The van der Waals surface area contributed by atoms with E-state index in [0.717, 1.165) is 11.6 Å². The average Bonchev–Trinajstić information content (AvgIpc) is 2.45. The number of nitrogens with one attached hydrogen (secondary N) is 1. The Hall–Kier alpha value is -2.15. The summed E-state index contributed by atoms with van der Waals surface area (Å²) >= 11 is 0. The summed E-state index contributed by atoms with van der Waals surface area (Å²) in [7, 11) is 0. The molecule has 0 aliphatic heterocycles. The van der Waals surface area contributed by atoms with Gasteiger partial charge in [0, 0.05) is 31.0 Å². The minimum Gasteiger partial charge on any atom is -0.366 e. The highest BCUT2D eigenvalue weighted by Gasteiger charge is 2.32. The Balaban J connectivity index is 2.21. The molecule has 20 heavy (non-hydrogen) atoms. The molecule has 0 bridgehead atoms. The third kappa shape index (κ3) is 3.45. The molecule has 0 amide bonds. The number of nitrogens with zero attached hydrogens (tertiary/aromatic N) is 2. The molecule has 0 saturated carbocycles. The Morgan fingerprint density at radius 2 is 2.00 bits per heavy atom. The van der Waals surface area contributed by atoms with E-state index in [0.29, 0.717) is 12.1 Å². The fourth-order valence-corrected chi connectivity index (χ4v) is 1.65. The zero-order chi connectivity index (χ0) is 14.6. The fourth-order valence-electron chi connectivity index (χ4n) is 1.65. The lowest BCUT2D eigenvalue weighted by Crippen LogP contribution is -2.13. The number of hydrogen-bond donors (Lipinski definition) is 2. The first-order chi connectivity index (χ1) is 9.50. The zero-order valence-corrected chi connectivity index (χ0v) is 10.5. The standard InChI is InChI=1S/C13H13F3N4/c14-13(15,16)11-4-3-10(6-17)12(20-11)19-8-9-2-1-5-18-7-9/h1-5,7H,6,8,17H2,(H,19,20). The first-order valence-electron chi connectivity index (χ1n) is 5.90. The Morgan fingerprint density at radius 1 is 1.20 bits per heavy atom. The molecule has 106 valence electrons. The summed E-state index contributed by atoms with van der Waals surface area (Å²) in [6, 6.07) is 5.83. The van der Waals surface area contributed by atoms with E-state index in [2.05, 4.69) is 15.3 Å². The number of aromatic nitrogens is 2. The average molecular weight is 282 g/mol. The monoisotopic (exact) mass is 282 g/mol. The summed E-state index contributed by atoms with van der Waals surface area (Å²) in [6.07, 6.45) is -1.22. The lowest BCUT2D eigenvalue weighted by atomic mass is 10.2. The van der Waals surface area contributed by atoms with Gasteiger partial charge in [0.25, 0.3) is 0 Å². The van der Waals surface area contributed by atoms with Crippen LogP contribution in [0.2, 0.25) is 0 Å². The molecule has 0 aliphatic carbocycles. The van der Waals surface area contributed by atoms with E-state index in [1.807, 2.05) is 6.07 Å². The fraction of sp³-hybridized carbons (Fsp3) is 0.231. The van der Waals surface area contributed by atoms with E-state index < -0.39 is 11.9 Å². The van der Waals surface area contributed by atoms with Gasteiger partial charge in [-0.05, 0) is 17.7 Å². The Kier molecular flexibility index (Phi) is 4.19. The van der Waals surface area contributed by atoms with Crippen molar-refractivity contribution in [1.29, 1.82) is 0 Å². The van der Waals surface area contributed by atoms with Gasteiger partial charge in [0.05, 0.1) is 0 Å². The maximum Gasteiger partial charge on any atom is 0.433 e. The Morgan fingerprint density at radius 3 is 2.60 bits per heavy atom. The van der Waals surface area contributed by atoms with Crippen LogP contribution in [0, 0.1) is 0 Å². The largest absolute Gasteiger partial charge is 0.433 e. The second-order valence-corrected chi connectivity index (χ2v) is 4.12. The summed E-state index contributed by atoms with van der Waals surface area (Å²) in [6.45, 7) is 0.440. The summed E-state index contributed by atoms with van der Waals surface area (Å²) in [5, 5.41) is 2.86. The molecule has 0 aromatic carbocycles. The maximum absolute atomic E-state index is 12.6. The van der Waals surface area contributed by atoms with Gasteiger partial charge in [-0.15, -0.1) is 0 Å². The van der Waals surface area contributed by atoms with Crippen LogP contribution in [-0.4, -0.2) is 9.97 Å². The van der Waals surface area contributed by atoms with E-state index >= 15 is 0 Å². The molecule has 0 aliphatic rings. The van der Waals surface area contributed by atoms with Crippen molar-refractivity contribution in [2.45, 2.75) is 19.3 Å². The molecule has 2 aromatic rings. The van der Waals surface area contributed by atoms with Crippen molar-refractivity contribution in [1.82, 2.24) is 9.97 Å².